The van der Waals surface area contributed by atoms with Crippen molar-refractivity contribution in [1.29, 1.82) is 0 Å². The van der Waals surface area contributed by atoms with Crippen molar-refractivity contribution in [2.45, 2.75) is 207 Å². The van der Waals surface area contributed by atoms with E-state index in [1.54, 1.807) is 48.0 Å². The van der Waals surface area contributed by atoms with Crippen molar-refractivity contribution in [3.8, 4) is 17.2 Å². The highest BCUT2D eigenvalue weighted by molar-refractivity contribution is 7.98. The molecule has 9 nitrogen and oxygen atoms in total. The molecule has 510 valence electrons. The van der Waals surface area contributed by atoms with Crippen LogP contribution in [0.5, 0.6) is 17.2 Å². The fourth-order valence-corrected chi connectivity index (χ4v) is 16.5. The van der Waals surface area contributed by atoms with Gasteiger partial charge in [0.25, 0.3) is 0 Å². The number of thioether (sulfide) groups is 1. The highest BCUT2D eigenvalue weighted by Crippen LogP contribution is 2.42. The Bertz CT molecular complexity index is 2760. The number of thiophene rings is 7. The summed E-state index contributed by atoms with van der Waals surface area (Å²) in [7, 11) is 3.33. The molecular weight excluding hydrogens is 1280 g/mol. The summed E-state index contributed by atoms with van der Waals surface area (Å²) in [4.78, 5) is 19.2. The highest BCUT2D eigenvalue weighted by Gasteiger charge is 2.19. The van der Waals surface area contributed by atoms with Crippen LogP contribution in [0.3, 0.4) is 0 Å². The number of rotatable bonds is 32. The van der Waals surface area contributed by atoms with Gasteiger partial charge in [0.05, 0.1) is 59.5 Å². The number of hydrogen-bond acceptors (Lipinski definition) is 17. The van der Waals surface area contributed by atoms with Crippen LogP contribution in [0.25, 0.3) is 0 Å². The van der Waals surface area contributed by atoms with Crippen molar-refractivity contribution in [1.82, 2.24) is 0 Å². The number of methoxy groups -OCH3 is 2. The van der Waals surface area contributed by atoms with E-state index < -0.39 is 0 Å². The van der Waals surface area contributed by atoms with Gasteiger partial charge in [-0.1, -0.05) is 65.7 Å². The second kappa shape index (κ2) is 51.7. The number of fused-ring (bicyclic) bond motifs is 1. The summed E-state index contributed by atoms with van der Waals surface area (Å²) in [6.45, 7) is 45.5. The Labute approximate surface area is 579 Å². The van der Waals surface area contributed by atoms with E-state index in [0.29, 0.717) is 72.7 Å². The summed E-state index contributed by atoms with van der Waals surface area (Å²) in [6, 6.07) is 15.5. The molecule has 0 fully saturated rings. The second-order valence-corrected chi connectivity index (χ2v) is 33.5. The smallest absolute Gasteiger partial charge is 0.175 e. The van der Waals surface area contributed by atoms with Crippen LogP contribution in [0.4, 0.5) is 0 Å². The molecule has 7 aromatic heterocycles. The minimum atomic E-state index is 0.598. The Morgan fingerprint density at radius 1 is 0.367 bits per heavy atom. The van der Waals surface area contributed by atoms with Crippen molar-refractivity contribution in [3.05, 3.63) is 133 Å². The van der Waals surface area contributed by atoms with Crippen LogP contribution in [-0.4, -0.2) is 92.6 Å². The largest absolute Gasteiger partial charge is 0.490 e. The minimum absolute atomic E-state index is 0.598. The molecule has 0 saturated carbocycles. The van der Waals surface area contributed by atoms with Crippen LogP contribution in [0.1, 0.15) is 176 Å². The molecule has 8 rings (SSSR count). The normalized spacial score (nSPS) is 11.2. The molecule has 90 heavy (non-hydrogen) atoms. The predicted molar refractivity (Wildman–Crippen MR) is 401 cm³/mol. The molecule has 7 aromatic rings. The van der Waals surface area contributed by atoms with Gasteiger partial charge in [-0.2, -0.15) is 11.8 Å². The van der Waals surface area contributed by atoms with Crippen molar-refractivity contribution >= 4 is 91.1 Å². The predicted octanol–water partition coefficient (Wildman–Crippen LogP) is 22.8. The van der Waals surface area contributed by atoms with E-state index in [-0.39, 0.29) is 0 Å². The molecule has 0 atom stereocenters. The van der Waals surface area contributed by atoms with Gasteiger partial charge in [0.1, 0.15) is 25.6 Å². The average Bonchev–Trinajstić information content (AvgIpc) is 2.38. The third-order valence-electron chi connectivity index (χ3n) is 13.8. The van der Waals surface area contributed by atoms with E-state index in [0.717, 1.165) is 30.5 Å². The fourth-order valence-electron chi connectivity index (χ4n) is 9.00. The lowest BCUT2D eigenvalue weighted by atomic mass is 10.1. The van der Waals surface area contributed by atoms with Crippen molar-refractivity contribution in [2.24, 2.45) is 0 Å². The first-order valence-electron chi connectivity index (χ1n) is 32.4. The molecule has 0 radical (unpaired) electrons. The maximum absolute atomic E-state index is 5.62. The van der Waals surface area contributed by atoms with E-state index in [1.165, 1.54) is 162 Å². The van der Waals surface area contributed by atoms with E-state index in [9.17, 15) is 0 Å². The number of unbranched alkanes of at least 4 members (excludes halogenated alkanes) is 7. The Morgan fingerprint density at radius 2 is 0.778 bits per heavy atom. The molecule has 8 heterocycles. The standard InChI is InChI=1S/C12H20O3S.C12H20OS.C12H20S2.C12H20S.C11H18O3S.C8H10O2S.C6H8S/c1-10-8-12(11(2)16-10)9-15-7-6-14-5-4-13-3;2*1-4-5-6-7-13-9-12-8-10(2)14-11(12)3;1-4-5-6-7-8-12-9-10(2)13-11(12)3;1-9-8-11(10(2)15-9)14-7-6-13-5-4-12-3;1-5-7-8(6(2)11-5)10-4-3-9-7;1-5-3-4-6(2)7-5/h8H,4-7,9H2,1-3H3;2*8H,4-7,9H2,1-3H3;9H,4-8H2,1-3H3;8H,4-7H2,1-3H3;3-4H2,1-2H3;3-4H,1-2H3. The molecule has 0 saturated heterocycles. The first kappa shape index (κ1) is 83.5. The minimum Gasteiger partial charge on any atom is -0.490 e. The summed E-state index contributed by atoms with van der Waals surface area (Å²) in [5, 5.41) is 0. The quantitative estimate of drug-likeness (QED) is 0.0380. The molecule has 17 heteroatoms. The van der Waals surface area contributed by atoms with Crippen LogP contribution in [0.2, 0.25) is 0 Å². The van der Waals surface area contributed by atoms with E-state index in [1.807, 2.05) is 56.7 Å². The maximum Gasteiger partial charge on any atom is 0.175 e. The van der Waals surface area contributed by atoms with Gasteiger partial charge in [0.2, 0.25) is 0 Å². The number of aryl methyl sites for hydroxylation is 15. The van der Waals surface area contributed by atoms with Gasteiger partial charge >= 0.3 is 0 Å². The Morgan fingerprint density at radius 3 is 1.21 bits per heavy atom. The fraction of sp³-hybridized carbons (Fsp3) is 0.616. The zero-order chi connectivity index (χ0) is 66.5. The van der Waals surface area contributed by atoms with Crippen molar-refractivity contribution in [3.63, 3.8) is 0 Å². The highest BCUT2D eigenvalue weighted by atomic mass is 32.2. The Hall–Kier alpha value is -2.59. The summed E-state index contributed by atoms with van der Waals surface area (Å²) in [5.41, 5.74) is 5.79. The molecule has 0 aromatic carbocycles. The van der Waals surface area contributed by atoms with Gasteiger partial charge in [-0.15, -0.1) is 79.4 Å². The van der Waals surface area contributed by atoms with Crippen molar-refractivity contribution in [2.75, 3.05) is 92.6 Å². The molecule has 0 aliphatic carbocycles. The lowest BCUT2D eigenvalue weighted by molar-refractivity contribution is 0.0199. The number of ether oxygens (including phenoxy) is 9. The monoisotopic (exact) mass is 1390 g/mol. The molecular formula is C73H116O9S8. The van der Waals surface area contributed by atoms with Crippen LogP contribution in [-0.2, 0) is 53.8 Å². The lowest BCUT2D eigenvalue weighted by Gasteiger charge is -2.15. The Balaban J connectivity index is 0.000000361. The van der Waals surface area contributed by atoms with Gasteiger partial charge < -0.3 is 42.6 Å². The van der Waals surface area contributed by atoms with Gasteiger partial charge in [-0.25, -0.2) is 0 Å². The third kappa shape index (κ3) is 38.1. The summed E-state index contributed by atoms with van der Waals surface area (Å²) < 4.78 is 48.0. The number of hydrogen-bond donors (Lipinski definition) is 0. The molecule has 1 aliphatic rings. The van der Waals surface area contributed by atoms with Crippen LogP contribution in [0.15, 0.2) is 42.5 Å². The van der Waals surface area contributed by atoms with Gasteiger partial charge in [-0.3, -0.25) is 0 Å². The molecule has 0 bridgehead atoms. The second-order valence-electron chi connectivity index (χ2n) is 22.2. The van der Waals surface area contributed by atoms with Crippen LogP contribution >= 0.6 is 91.1 Å². The van der Waals surface area contributed by atoms with Gasteiger partial charge in [0.15, 0.2) is 11.5 Å². The molecule has 0 amide bonds. The van der Waals surface area contributed by atoms with Crippen molar-refractivity contribution < 1.29 is 42.6 Å². The molecule has 0 spiro atoms. The third-order valence-corrected chi connectivity index (χ3v) is 21.7. The Kier molecular flexibility index (Phi) is 48.0. The van der Waals surface area contributed by atoms with E-state index >= 15 is 0 Å². The van der Waals surface area contributed by atoms with Crippen LogP contribution < -0.4 is 14.2 Å². The zero-order valence-corrected chi connectivity index (χ0v) is 65.4. The maximum atomic E-state index is 5.62. The molecule has 1 aliphatic heterocycles. The van der Waals surface area contributed by atoms with Gasteiger partial charge in [-0.05, 0) is 193 Å². The summed E-state index contributed by atoms with van der Waals surface area (Å²) in [6.07, 6.45) is 14.6. The SMILES string of the molecule is CCCCCCc1cc(C)sc1C.CCCCCOCc1cc(C)sc1C.CCCCCSCc1cc(C)sc1C.COCCOCCOCc1cc(C)sc1C.COCCOCCOc1cc(C)sc1C.Cc1ccc(C)s1.Cc1sc(C)c2c1OCCO2. The van der Waals surface area contributed by atoms with E-state index in [2.05, 4.69) is 172 Å². The lowest BCUT2D eigenvalue weighted by Crippen LogP contribution is -2.14. The molecule has 0 N–H and O–H groups in total. The van der Waals surface area contributed by atoms with Crippen LogP contribution in [0, 0.1) is 96.9 Å². The average molecular weight is 1390 g/mol. The zero-order valence-electron chi connectivity index (χ0n) is 58.9. The van der Waals surface area contributed by atoms with Gasteiger partial charge in [0, 0.05) is 94.9 Å². The topological polar surface area (TPSA) is 83.1 Å². The van der Waals surface area contributed by atoms with E-state index in [4.69, 9.17) is 42.6 Å². The summed E-state index contributed by atoms with van der Waals surface area (Å²) >= 11 is 14.9. The first-order chi connectivity index (χ1) is 43.3. The first-order valence-corrected chi connectivity index (χ1v) is 39.3. The summed E-state index contributed by atoms with van der Waals surface area (Å²) in [5.74, 6) is 5.42. The molecule has 0 unspecified atom stereocenters.